The number of rotatable bonds is 5. The van der Waals surface area contributed by atoms with E-state index in [2.05, 4.69) is 136 Å². The smallest absolute Gasteiger partial charge is 0.149 e. The minimum absolute atomic E-state index is 0.280. The molecule has 0 bridgehead atoms. The maximum atomic E-state index is 6.82. The molecule has 0 N–H and O–H groups in total. The summed E-state index contributed by atoms with van der Waals surface area (Å²) in [7, 11) is 0. The molecule has 0 aliphatic carbocycles. The Kier molecular flexibility index (Phi) is 6.38. The number of hydrogen-bond donors (Lipinski definition) is 0. The van der Waals surface area contributed by atoms with Crippen LogP contribution < -0.4 is 0 Å². The van der Waals surface area contributed by atoms with Crippen molar-refractivity contribution < 1.29 is 8.83 Å². The number of fused-ring (bicyclic) bond motifs is 7. The summed E-state index contributed by atoms with van der Waals surface area (Å²) in [6.45, 7) is 11.4. The van der Waals surface area contributed by atoms with E-state index in [-0.39, 0.29) is 11.8 Å². The number of hydrogen-bond acceptors (Lipinski definition) is 3. The van der Waals surface area contributed by atoms with Crippen LogP contribution in [0.3, 0.4) is 0 Å². The van der Waals surface area contributed by atoms with Crippen LogP contribution in [0.5, 0.6) is 0 Å². The first-order valence-electron chi connectivity index (χ1n) is 16.9. The first kappa shape index (κ1) is 28.6. The lowest BCUT2D eigenvalue weighted by Gasteiger charge is -2.24. The topological polar surface area (TPSA) is 44.1 Å². The fourth-order valence-corrected chi connectivity index (χ4v) is 7.50. The predicted octanol–water partition coefficient (Wildman–Crippen LogP) is 12.7. The molecule has 6 aromatic carbocycles. The van der Waals surface area contributed by atoms with Gasteiger partial charge in [-0.25, -0.2) is 4.98 Å². The lowest BCUT2D eigenvalue weighted by molar-refractivity contribution is 0.664. The molecular formula is C44H36N2O2. The summed E-state index contributed by atoms with van der Waals surface area (Å²) < 4.78 is 15.5. The van der Waals surface area contributed by atoms with Crippen molar-refractivity contribution in [2.75, 3.05) is 0 Å². The van der Waals surface area contributed by atoms with Crippen LogP contribution in [0, 0.1) is 6.92 Å². The van der Waals surface area contributed by atoms with Crippen LogP contribution in [0.4, 0.5) is 0 Å². The molecular weight excluding hydrogens is 588 g/mol. The van der Waals surface area contributed by atoms with Crippen molar-refractivity contribution in [1.29, 1.82) is 0 Å². The van der Waals surface area contributed by atoms with E-state index < -0.39 is 0 Å². The predicted molar refractivity (Wildman–Crippen MR) is 199 cm³/mol. The average Bonchev–Trinajstić information content (AvgIpc) is 3.78. The van der Waals surface area contributed by atoms with Gasteiger partial charge in [0, 0.05) is 21.5 Å². The highest BCUT2D eigenvalue weighted by atomic mass is 16.3. The number of nitrogens with zero attached hydrogens (tertiary/aromatic N) is 2. The van der Waals surface area contributed by atoms with Crippen molar-refractivity contribution in [3.8, 4) is 28.2 Å². The van der Waals surface area contributed by atoms with Gasteiger partial charge in [-0.1, -0.05) is 100 Å². The zero-order valence-electron chi connectivity index (χ0n) is 27.8. The van der Waals surface area contributed by atoms with Gasteiger partial charge in [0.1, 0.15) is 28.2 Å². The summed E-state index contributed by atoms with van der Waals surface area (Å²) in [6.07, 6.45) is 0. The van der Waals surface area contributed by atoms with Crippen molar-refractivity contribution in [3.05, 3.63) is 132 Å². The van der Waals surface area contributed by atoms with E-state index in [0.717, 1.165) is 66.3 Å². The van der Waals surface area contributed by atoms with E-state index in [1.807, 2.05) is 18.2 Å². The number of aryl methyl sites for hydroxylation is 1. The molecule has 0 radical (unpaired) electrons. The summed E-state index contributed by atoms with van der Waals surface area (Å²) in [5.74, 6) is 1.44. The van der Waals surface area contributed by atoms with Crippen molar-refractivity contribution >= 4 is 54.9 Å². The largest absolute Gasteiger partial charge is 0.456 e. The molecule has 4 heteroatoms. The van der Waals surface area contributed by atoms with Gasteiger partial charge in [-0.3, -0.25) is 4.57 Å². The Balaban J connectivity index is 1.37. The highest BCUT2D eigenvalue weighted by Crippen LogP contribution is 2.44. The Labute approximate surface area is 279 Å². The van der Waals surface area contributed by atoms with E-state index in [1.54, 1.807) is 0 Å². The molecule has 0 amide bonds. The van der Waals surface area contributed by atoms with Crippen LogP contribution in [0.1, 0.15) is 56.2 Å². The third kappa shape index (κ3) is 4.25. The molecule has 3 heterocycles. The summed E-state index contributed by atoms with van der Waals surface area (Å²) in [6, 6.07) is 40.8. The minimum atomic E-state index is 0.280. The minimum Gasteiger partial charge on any atom is -0.456 e. The van der Waals surface area contributed by atoms with Crippen LogP contribution in [0.15, 0.2) is 124 Å². The van der Waals surface area contributed by atoms with Gasteiger partial charge >= 0.3 is 0 Å². The van der Waals surface area contributed by atoms with Crippen LogP contribution in [-0.4, -0.2) is 9.55 Å². The summed E-state index contributed by atoms with van der Waals surface area (Å²) in [4.78, 5) is 5.39. The second-order valence-electron chi connectivity index (χ2n) is 13.6. The maximum Gasteiger partial charge on any atom is 0.149 e. The molecule has 9 rings (SSSR count). The van der Waals surface area contributed by atoms with Crippen LogP contribution in [0.25, 0.3) is 83.1 Å². The van der Waals surface area contributed by atoms with Gasteiger partial charge in [0.2, 0.25) is 0 Å². The lowest BCUT2D eigenvalue weighted by atomic mass is 9.88. The summed E-state index contributed by atoms with van der Waals surface area (Å²) in [5.41, 5.74) is 13.9. The zero-order chi connectivity index (χ0) is 32.7. The van der Waals surface area contributed by atoms with Gasteiger partial charge in [0.15, 0.2) is 0 Å². The number of para-hydroxylation sites is 3. The fraction of sp³-hybridized carbons (Fsp3) is 0.159. The first-order chi connectivity index (χ1) is 23.4. The Bertz CT molecular complexity index is 2660. The Hall–Kier alpha value is -5.61. The van der Waals surface area contributed by atoms with E-state index in [1.165, 1.54) is 33.5 Å². The van der Waals surface area contributed by atoms with Gasteiger partial charge in [-0.05, 0) is 89.0 Å². The quantitative estimate of drug-likeness (QED) is 0.191. The van der Waals surface area contributed by atoms with E-state index in [0.29, 0.717) is 0 Å². The van der Waals surface area contributed by atoms with Crippen molar-refractivity contribution in [3.63, 3.8) is 0 Å². The Morgan fingerprint density at radius 2 is 1.21 bits per heavy atom. The molecule has 0 atom stereocenters. The number of aromatic nitrogens is 2. The number of benzene rings is 6. The Morgan fingerprint density at radius 1 is 0.562 bits per heavy atom. The molecule has 9 aromatic rings. The second kappa shape index (κ2) is 10.7. The molecule has 4 nitrogen and oxygen atoms in total. The highest BCUT2D eigenvalue weighted by molar-refractivity contribution is 6.16. The molecule has 0 spiro atoms. The SMILES string of the molecule is Cc1cccc2nc(-c3cccc4c3oc3cc5c(cc34)oc3ccccc35)n(-c3c(C(C)C)cc(-c4ccccc4)cc3C(C)C)c12. The van der Waals surface area contributed by atoms with E-state index in [9.17, 15) is 0 Å². The summed E-state index contributed by atoms with van der Waals surface area (Å²) >= 11 is 0. The van der Waals surface area contributed by atoms with Crippen LogP contribution in [-0.2, 0) is 0 Å². The molecule has 0 fully saturated rings. The van der Waals surface area contributed by atoms with E-state index in [4.69, 9.17) is 13.8 Å². The molecule has 0 aliphatic rings. The van der Waals surface area contributed by atoms with Crippen molar-refractivity contribution in [1.82, 2.24) is 9.55 Å². The Morgan fingerprint density at radius 3 is 1.96 bits per heavy atom. The third-order valence-corrected chi connectivity index (χ3v) is 9.86. The molecule has 48 heavy (non-hydrogen) atoms. The fourth-order valence-electron chi connectivity index (χ4n) is 7.50. The molecule has 0 saturated carbocycles. The normalized spacial score (nSPS) is 12.2. The van der Waals surface area contributed by atoms with Crippen molar-refractivity contribution in [2.45, 2.75) is 46.5 Å². The number of imidazole rings is 1. The monoisotopic (exact) mass is 624 g/mol. The summed E-state index contributed by atoms with van der Waals surface area (Å²) in [5, 5.41) is 4.24. The molecule has 234 valence electrons. The van der Waals surface area contributed by atoms with Gasteiger partial charge in [-0.2, -0.15) is 0 Å². The highest BCUT2D eigenvalue weighted by Gasteiger charge is 2.26. The van der Waals surface area contributed by atoms with Gasteiger partial charge in [0.25, 0.3) is 0 Å². The zero-order valence-corrected chi connectivity index (χ0v) is 27.8. The molecule has 0 aliphatic heterocycles. The van der Waals surface area contributed by atoms with Crippen LogP contribution in [0.2, 0.25) is 0 Å². The van der Waals surface area contributed by atoms with Crippen LogP contribution >= 0.6 is 0 Å². The second-order valence-corrected chi connectivity index (χ2v) is 13.6. The standard InChI is InChI=1S/C44H36N2O2/c1-25(2)33-21-29(28-14-7-6-8-15-28)22-34(26(3)4)42(33)46-41-27(5)13-11-19-37(41)45-44(46)32-18-12-17-31-36-24-39-35(23-40(36)48-43(31)32)30-16-9-10-20-38(30)47-39/h6-26H,1-5H3. The van der Waals surface area contributed by atoms with Gasteiger partial charge in [-0.15, -0.1) is 0 Å². The van der Waals surface area contributed by atoms with E-state index >= 15 is 0 Å². The molecule has 0 unspecified atom stereocenters. The maximum absolute atomic E-state index is 6.82. The van der Waals surface area contributed by atoms with Gasteiger partial charge < -0.3 is 8.83 Å². The van der Waals surface area contributed by atoms with Crippen molar-refractivity contribution in [2.24, 2.45) is 0 Å². The molecule has 3 aromatic heterocycles. The number of furan rings is 2. The third-order valence-electron chi connectivity index (χ3n) is 9.86. The van der Waals surface area contributed by atoms with Gasteiger partial charge in [0.05, 0.1) is 22.3 Å². The molecule has 0 saturated heterocycles. The average molecular weight is 625 g/mol. The lowest BCUT2D eigenvalue weighted by Crippen LogP contribution is -2.10. The first-order valence-corrected chi connectivity index (χ1v) is 16.9.